The number of carbonyl (C=O) groups excluding carboxylic acids is 3. The molecule has 1 amide bonds. The molecule has 0 spiro atoms. The van der Waals surface area contributed by atoms with Crippen molar-refractivity contribution in [3.8, 4) is 0 Å². The van der Waals surface area contributed by atoms with E-state index in [0.29, 0.717) is 10.9 Å². The summed E-state index contributed by atoms with van der Waals surface area (Å²) in [6.07, 6.45) is 1.33. The largest absolute Gasteiger partial charge is 0.465 e. The molecular formula is C14H13FN2O4. The molecule has 6 nitrogen and oxygen atoms in total. The number of ketones is 1. The summed E-state index contributed by atoms with van der Waals surface area (Å²) in [6, 6.07) is 3.83. The molecule has 0 bridgehead atoms. The maximum absolute atomic E-state index is 13.1. The van der Waals surface area contributed by atoms with Gasteiger partial charge in [0.15, 0.2) is 0 Å². The van der Waals surface area contributed by atoms with Crippen LogP contribution in [0.5, 0.6) is 0 Å². The molecule has 0 unspecified atom stereocenters. The van der Waals surface area contributed by atoms with Gasteiger partial charge in [0, 0.05) is 17.1 Å². The number of amides is 1. The molecule has 1 heterocycles. The fourth-order valence-electron chi connectivity index (χ4n) is 1.85. The summed E-state index contributed by atoms with van der Waals surface area (Å²) in [7, 11) is 0. The van der Waals surface area contributed by atoms with E-state index < -0.39 is 23.5 Å². The molecule has 2 rings (SSSR count). The Hall–Kier alpha value is -2.70. The normalized spacial score (nSPS) is 10.4. The van der Waals surface area contributed by atoms with Crippen LogP contribution in [0.4, 0.5) is 4.39 Å². The van der Waals surface area contributed by atoms with Crippen LogP contribution in [0.1, 0.15) is 17.3 Å². The Labute approximate surface area is 119 Å². The Kier molecular flexibility index (Phi) is 4.32. The summed E-state index contributed by atoms with van der Waals surface area (Å²) >= 11 is 0. The van der Waals surface area contributed by atoms with Crippen molar-refractivity contribution in [2.75, 3.05) is 13.2 Å². The third-order valence-electron chi connectivity index (χ3n) is 2.79. The van der Waals surface area contributed by atoms with Crippen LogP contribution >= 0.6 is 0 Å². The molecule has 0 aliphatic carbocycles. The Balaban J connectivity index is 2.11. The van der Waals surface area contributed by atoms with Crippen molar-refractivity contribution >= 4 is 28.6 Å². The van der Waals surface area contributed by atoms with E-state index in [-0.39, 0.29) is 18.7 Å². The van der Waals surface area contributed by atoms with E-state index in [0.717, 1.165) is 0 Å². The van der Waals surface area contributed by atoms with Crippen LogP contribution < -0.4 is 5.32 Å². The van der Waals surface area contributed by atoms with Gasteiger partial charge in [-0.15, -0.1) is 0 Å². The third kappa shape index (κ3) is 3.25. The molecule has 2 N–H and O–H groups in total. The van der Waals surface area contributed by atoms with Gasteiger partial charge in [-0.1, -0.05) is 0 Å². The van der Waals surface area contributed by atoms with Crippen LogP contribution in [-0.2, 0) is 14.3 Å². The second kappa shape index (κ2) is 6.17. The van der Waals surface area contributed by atoms with Crippen LogP contribution in [-0.4, -0.2) is 35.8 Å². The molecule has 7 heteroatoms. The number of esters is 1. The van der Waals surface area contributed by atoms with E-state index in [9.17, 15) is 18.8 Å². The van der Waals surface area contributed by atoms with E-state index in [1.807, 2.05) is 0 Å². The van der Waals surface area contributed by atoms with Crippen molar-refractivity contribution in [2.45, 2.75) is 6.92 Å². The number of nitrogens with one attached hydrogen (secondary N) is 2. The maximum atomic E-state index is 13.1. The molecule has 1 aromatic carbocycles. The number of halogens is 1. The topological polar surface area (TPSA) is 88.3 Å². The van der Waals surface area contributed by atoms with Crippen molar-refractivity contribution in [3.63, 3.8) is 0 Å². The molecule has 2 aromatic rings. The number of aromatic nitrogens is 1. The smallest absolute Gasteiger partial charge is 0.325 e. The highest BCUT2D eigenvalue weighted by Crippen LogP contribution is 2.19. The van der Waals surface area contributed by atoms with Crippen molar-refractivity contribution in [3.05, 3.63) is 35.8 Å². The fourth-order valence-corrected chi connectivity index (χ4v) is 1.85. The van der Waals surface area contributed by atoms with Gasteiger partial charge in [-0.2, -0.15) is 0 Å². The van der Waals surface area contributed by atoms with Gasteiger partial charge < -0.3 is 15.0 Å². The SMILES string of the molecule is CCOC(=O)CNC(=O)C(=O)c1c[nH]c2cc(F)ccc12. The van der Waals surface area contributed by atoms with Crippen LogP contribution in [0, 0.1) is 5.82 Å². The molecule has 0 atom stereocenters. The van der Waals surface area contributed by atoms with Gasteiger partial charge in [0.1, 0.15) is 12.4 Å². The van der Waals surface area contributed by atoms with E-state index in [4.69, 9.17) is 0 Å². The zero-order chi connectivity index (χ0) is 15.4. The Morgan fingerprint density at radius 1 is 1.33 bits per heavy atom. The molecule has 1 aromatic heterocycles. The van der Waals surface area contributed by atoms with Crippen LogP contribution in [0.25, 0.3) is 10.9 Å². The van der Waals surface area contributed by atoms with Crippen molar-refractivity contribution in [2.24, 2.45) is 0 Å². The van der Waals surface area contributed by atoms with Gasteiger partial charge >= 0.3 is 5.97 Å². The number of H-pyrrole nitrogens is 1. The lowest BCUT2D eigenvalue weighted by Gasteiger charge is -2.03. The van der Waals surface area contributed by atoms with Crippen molar-refractivity contribution in [1.29, 1.82) is 0 Å². The highest BCUT2D eigenvalue weighted by Gasteiger charge is 2.20. The highest BCUT2D eigenvalue weighted by molar-refractivity contribution is 6.45. The number of hydrogen-bond acceptors (Lipinski definition) is 4. The summed E-state index contributed by atoms with van der Waals surface area (Å²) in [5, 5.41) is 2.62. The standard InChI is InChI=1S/C14H13FN2O4/c1-2-21-12(18)7-17-14(20)13(19)10-6-16-11-5-8(15)3-4-9(10)11/h3-6,16H,2,7H2,1H3,(H,17,20). The average molecular weight is 292 g/mol. The molecule has 0 radical (unpaired) electrons. The van der Waals surface area contributed by atoms with Gasteiger partial charge in [-0.3, -0.25) is 14.4 Å². The molecule has 110 valence electrons. The van der Waals surface area contributed by atoms with E-state index in [2.05, 4.69) is 15.0 Å². The van der Waals surface area contributed by atoms with Crippen LogP contribution in [0.3, 0.4) is 0 Å². The molecule has 0 aliphatic rings. The first-order valence-corrected chi connectivity index (χ1v) is 6.27. The number of fused-ring (bicyclic) bond motifs is 1. The van der Waals surface area contributed by atoms with Gasteiger partial charge in [0.2, 0.25) is 0 Å². The van der Waals surface area contributed by atoms with Crippen molar-refractivity contribution < 1.29 is 23.5 Å². The minimum Gasteiger partial charge on any atom is -0.465 e. The highest BCUT2D eigenvalue weighted by atomic mass is 19.1. The molecule has 0 aliphatic heterocycles. The van der Waals surface area contributed by atoms with Crippen molar-refractivity contribution in [1.82, 2.24) is 10.3 Å². The number of ether oxygens (including phenoxy) is 1. The van der Waals surface area contributed by atoms with Gasteiger partial charge in [-0.25, -0.2) is 4.39 Å². The molecule has 0 saturated carbocycles. The van der Waals surface area contributed by atoms with E-state index in [1.165, 1.54) is 24.4 Å². The molecule has 21 heavy (non-hydrogen) atoms. The van der Waals surface area contributed by atoms with Crippen LogP contribution in [0.2, 0.25) is 0 Å². The number of rotatable bonds is 5. The second-order valence-corrected chi connectivity index (χ2v) is 4.21. The summed E-state index contributed by atoms with van der Waals surface area (Å²) in [4.78, 5) is 37.5. The zero-order valence-corrected chi connectivity index (χ0v) is 11.2. The first-order chi connectivity index (χ1) is 10.0. The van der Waals surface area contributed by atoms with E-state index >= 15 is 0 Å². The lowest BCUT2D eigenvalue weighted by Crippen LogP contribution is -2.35. The first-order valence-electron chi connectivity index (χ1n) is 6.27. The number of hydrogen-bond donors (Lipinski definition) is 2. The zero-order valence-electron chi connectivity index (χ0n) is 11.2. The molecular weight excluding hydrogens is 279 g/mol. The fraction of sp³-hybridized carbons (Fsp3) is 0.214. The number of carbonyl (C=O) groups is 3. The summed E-state index contributed by atoms with van der Waals surface area (Å²) in [5.74, 6) is -2.81. The number of aromatic amines is 1. The Bertz CT molecular complexity index is 708. The summed E-state index contributed by atoms with van der Waals surface area (Å²) < 4.78 is 17.7. The Morgan fingerprint density at radius 2 is 2.10 bits per heavy atom. The number of Topliss-reactive ketones (excluding diaryl/α,β-unsaturated/α-hetero) is 1. The Morgan fingerprint density at radius 3 is 2.81 bits per heavy atom. The second-order valence-electron chi connectivity index (χ2n) is 4.21. The molecule has 0 fully saturated rings. The summed E-state index contributed by atoms with van der Waals surface area (Å²) in [6.45, 7) is 1.45. The average Bonchev–Trinajstić information content (AvgIpc) is 2.87. The minimum absolute atomic E-state index is 0.117. The minimum atomic E-state index is -0.923. The number of benzene rings is 1. The first kappa shape index (κ1) is 14.7. The van der Waals surface area contributed by atoms with Gasteiger partial charge in [0.05, 0.1) is 12.2 Å². The molecule has 0 saturated heterocycles. The lowest BCUT2D eigenvalue weighted by atomic mass is 10.1. The van der Waals surface area contributed by atoms with Gasteiger partial charge in [0.25, 0.3) is 11.7 Å². The predicted octanol–water partition coefficient (Wildman–Crippen LogP) is 1.17. The predicted molar refractivity (Wildman–Crippen MR) is 72.2 cm³/mol. The third-order valence-corrected chi connectivity index (χ3v) is 2.79. The quantitative estimate of drug-likeness (QED) is 0.492. The lowest BCUT2D eigenvalue weighted by molar-refractivity contribution is -0.143. The van der Waals surface area contributed by atoms with Gasteiger partial charge in [-0.05, 0) is 25.1 Å². The maximum Gasteiger partial charge on any atom is 0.325 e. The monoisotopic (exact) mass is 292 g/mol. The summed E-state index contributed by atoms with van der Waals surface area (Å²) in [5.41, 5.74) is 0.530. The van der Waals surface area contributed by atoms with E-state index in [1.54, 1.807) is 6.92 Å². The van der Waals surface area contributed by atoms with Crippen LogP contribution in [0.15, 0.2) is 24.4 Å².